The van der Waals surface area contributed by atoms with Crippen molar-refractivity contribution in [2.75, 3.05) is 0 Å². The molecule has 0 atom stereocenters. The predicted molar refractivity (Wildman–Crippen MR) is 73.7 cm³/mol. The van der Waals surface area contributed by atoms with Gasteiger partial charge < -0.3 is 5.11 Å². The third-order valence-corrected chi connectivity index (χ3v) is 2.94. The van der Waals surface area contributed by atoms with E-state index in [2.05, 4.69) is 10.1 Å². The van der Waals surface area contributed by atoms with Crippen LogP contribution in [0.15, 0.2) is 54.9 Å². The number of rotatable bonds is 3. The summed E-state index contributed by atoms with van der Waals surface area (Å²) in [5, 5.41) is 13.5. The molecule has 0 fully saturated rings. The van der Waals surface area contributed by atoms with Crippen LogP contribution in [0.5, 0.6) is 0 Å². The van der Waals surface area contributed by atoms with Gasteiger partial charge in [0.2, 0.25) is 0 Å². The molecular formula is C15H10FN3O2. The number of benzene rings is 1. The molecule has 21 heavy (non-hydrogen) atoms. The standard InChI is InChI=1S/C15H10FN3O2/c16-11-4-1-5-12(7-11)19-14(15(20)21)8-13(18-19)10-3-2-6-17-9-10/h1-9H,(H,20,21). The van der Waals surface area contributed by atoms with E-state index in [0.29, 0.717) is 16.9 Å². The highest BCUT2D eigenvalue weighted by molar-refractivity contribution is 5.88. The van der Waals surface area contributed by atoms with Crippen LogP contribution in [0, 0.1) is 5.82 Å². The van der Waals surface area contributed by atoms with Crippen molar-refractivity contribution in [3.8, 4) is 16.9 Å². The molecule has 0 saturated heterocycles. The highest BCUT2D eigenvalue weighted by Crippen LogP contribution is 2.21. The summed E-state index contributed by atoms with van der Waals surface area (Å²) >= 11 is 0. The number of pyridine rings is 1. The van der Waals surface area contributed by atoms with Gasteiger partial charge in [-0.05, 0) is 36.4 Å². The van der Waals surface area contributed by atoms with Crippen LogP contribution in [0.3, 0.4) is 0 Å². The molecule has 0 bridgehead atoms. The molecule has 104 valence electrons. The molecule has 6 heteroatoms. The maximum atomic E-state index is 13.3. The quantitative estimate of drug-likeness (QED) is 0.802. The van der Waals surface area contributed by atoms with Gasteiger partial charge in [0.1, 0.15) is 5.82 Å². The summed E-state index contributed by atoms with van der Waals surface area (Å²) in [5.74, 6) is -1.59. The number of aromatic nitrogens is 3. The van der Waals surface area contributed by atoms with Crippen molar-refractivity contribution in [1.29, 1.82) is 0 Å². The number of nitrogens with zero attached hydrogens (tertiary/aromatic N) is 3. The maximum Gasteiger partial charge on any atom is 0.354 e. The van der Waals surface area contributed by atoms with Crippen LogP contribution in [0.4, 0.5) is 4.39 Å². The summed E-state index contributed by atoms with van der Waals surface area (Å²) in [7, 11) is 0. The average Bonchev–Trinajstić information content (AvgIpc) is 2.93. The number of hydrogen-bond acceptors (Lipinski definition) is 3. The molecule has 0 aliphatic heterocycles. The van der Waals surface area contributed by atoms with Crippen molar-refractivity contribution in [1.82, 2.24) is 14.8 Å². The van der Waals surface area contributed by atoms with Crippen LogP contribution in [0.2, 0.25) is 0 Å². The molecular weight excluding hydrogens is 273 g/mol. The molecule has 0 spiro atoms. The van der Waals surface area contributed by atoms with Crippen LogP contribution in [0.1, 0.15) is 10.5 Å². The van der Waals surface area contributed by atoms with Crippen LogP contribution in [-0.4, -0.2) is 25.8 Å². The zero-order chi connectivity index (χ0) is 14.8. The third-order valence-electron chi connectivity index (χ3n) is 2.94. The number of hydrogen-bond donors (Lipinski definition) is 1. The first-order valence-corrected chi connectivity index (χ1v) is 6.15. The molecule has 0 aliphatic carbocycles. The monoisotopic (exact) mass is 283 g/mol. The van der Waals surface area contributed by atoms with E-state index in [9.17, 15) is 14.3 Å². The number of carboxylic acid groups (broad SMARTS) is 1. The van der Waals surface area contributed by atoms with Gasteiger partial charge in [0.15, 0.2) is 5.69 Å². The fourth-order valence-corrected chi connectivity index (χ4v) is 1.99. The molecule has 0 saturated carbocycles. The fourth-order valence-electron chi connectivity index (χ4n) is 1.99. The average molecular weight is 283 g/mol. The minimum atomic E-state index is -1.14. The van der Waals surface area contributed by atoms with Gasteiger partial charge in [0, 0.05) is 18.0 Å². The Labute approximate surface area is 119 Å². The van der Waals surface area contributed by atoms with E-state index >= 15 is 0 Å². The predicted octanol–water partition coefficient (Wildman–Crippen LogP) is 2.77. The molecule has 0 amide bonds. The van der Waals surface area contributed by atoms with Crippen molar-refractivity contribution in [2.45, 2.75) is 0 Å². The van der Waals surface area contributed by atoms with E-state index in [1.54, 1.807) is 30.6 Å². The van der Waals surface area contributed by atoms with Gasteiger partial charge in [0.25, 0.3) is 0 Å². The smallest absolute Gasteiger partial charge is 0.354 e. The summed E-state index contributed by atoms with van der Waals surface area (Å²) in [6, 6.07) is 10.6. The zero-order valence-electron chi connectivity index (χ0n) is 10.8. The molecule has 0 radical (unpaired) electrons. The summed E-state index contributed by atoms with van der Waals surface area (Å²) in [5.41, 5.74) is 1.46. The molecule has 3 aromatic rings. The summed E-state index contributed by atoms with van der Waals surface area (Å²) in [6.45, 7) is 0. The van der Waals surface area contributed by atoms with Crippen molar-refractivity contribution >= 4 is 5.97 Å². The van der Waals surface area contributed by atoms with E-state index in [1.807, 2.05) is 0 Å². The van der Waals surface area contributed by atoms with Gasteiger partial charge in [-0.15, -0.1) is 0 Å². The lowest BCUT2D eigenvalue weighted by Gasteiger charge is -2.04. The van der Waals surface area contributed by atoms with E-state index in [0.717, 1.165) is 0 Å². The molecule has 3 rings (SSSR count). The van der Waals surface area contributed by atoms with Gasteiger partial charge in [-0.25, -0.2) is 13.9 Å². The second-order valence-corrected chi connectivity index (χ2v) is 4.35. The number of halogens is 1. The number of carbonyl (C=O) groups is 1. The lowest BCUT2D eigenvalue weighted by molar-refractivity contribution is 0.0687. The molecule has 2 heterocycles. The molecule has 0 unspecified atom stereocenters. The first-order chi connectivity index (χ1) is 10.1. The van der Waals surface area contributed by atoms with Crippen LogP contribution in [-0.2, 0) is 0 Å². The molecule has 1 N–H and O–H groups in total. The topological polar surface area (TPSA) is 68.0 Å². The number of carboxylic acids is 1. The minimum Gasteiger partial charge on any atom is -0.477 e. The highest BCUT2D eigenvalue weighted by Gasteiger charge is 2.17. The van der Waals surface area contributed by atoms with E-state index in [-0.39, 0.29) is 5.69 Å². The van der Waals surface area contributed by atoms with Crippen molar-refractivity contribution in [3.63, 3.8) is 0 Å². The lowest BCUT2D eigenvalue weighted by Crippen LogP contribution is -2.07. The van der Waals surface area contributed by atoms with Crippen molar-refractivity contribution < 1.29 is 14.3 Å². The van der Waals surface area contributed by atoms with Crippen molar-refractivity contribution in [2.24, 2.45) is 0 Å². The van der Waals surface area contributed by atoms with Crippen molar-refractivity contribution in [3.05, 3.63) is 66.4 Å². The Bertz CT molecular complexity index is 800. The Balaban J connectivity index is 2.16. The maximum absolute atomic E-state index is 13.3. The molecule has 1 aromatic carbocycles. The normalized spacial score (nSPS) is 10.5. The summed E-state index contributed by atoms with van der Waals surface area (Å²) < 4.78 is 14.5. The van der Waals surface area contributed by atoms with Crippen LogP contribution >= 0.6 is 0 Å². The SMILES string of the molecule is O=C(O)c1cc(-c2cccnc2)nn1-c1cccc(F)c1. The molecule has 0 aliphatic rings. The Morgan fingerprint density at radius 1 is 1.19 bits per heavy atom. The minimum absolute atomic E-state index is 0.0422. The number of aromatic carboxylic acids is 1. The Morgan fingerprint density at radius 3 is 2.71 bits per heavy atom. The van der Waals surface area contributed by atoms with Gasteiger partial charge >= 0.3 is 5.97 Å². The fraction of sp³-hybridized carbons (Fsp3) is 0. The first-order valence-electron chi connectivity index (χ1n) is 6.15. The van der Waals surface area contributed by atoms with Crippen LogP contribution < -0.4 is 0 Å². The Hall–Kier alpha value is -3.02. The van der Waals surface area contributed by atoms with Gasteiger partial charge in [0.05, 0.1) is 11.4 Å². The zero-order valence-corrected chi connectivity index (χ0v) is 10.8. The van der Waals surface area contributed by atoms with E-state index in [4.69, 9.17) is 0 Å². The van der Waals surface area contributed by atoms with Crippen LogP contribution in [0.25, 0.3) is 16.9 Å². The second-order valence-electron chi connectivity index (χ2n) is 4.35. The summed E-state index contributed by atoms with van der Waals surface area (Å²) in [4.78, 5) is 15.3. The summed E-state index contributed by atoms with van der Waals surface area (Å²) in [6.07, 6.45) is 3.20. The van der Waals surface area contributed by atoms with Gasteiger partial charge in [-0.1, -0.05) is 6.07 Å². The first kappa shape index (κ1) is 13.0. The Morgan fingerprint density at radius 2 is 2.05 bits per heavy atom. The third kappa shape index (κ3) is 2.51. The largest absolute Gasteiger partial charge is 0.477 e. The molecule has 5 nitrogen and oxygen atoms in total. The second kappa shape index (κ2) is 5.16. The van der Waals surface area contributed by atoms with Gasteiger partial charge in [-0.3, -0.25) is 4.98 Å². The van der Waals surface area contributed by atoms with E-state index < -0.39 is 11.8 Å². The van der Waals surface area contributed by atoms with E-state index in [1.165, 1.54) is 28.9 Å². The molecule has 2 aromatic heterocycles. The highest BCUT2D eigenvalue weighted by atomic mass is 19.1. The Kier molecular flexibility index (Phi) is 3.19. The lowest BCUT2D eigenvalue weighted by atomic mass is 10.2. The van der Waals surface area contributed by atoms with Gasteiger partial charge in [-0.2, -0.15) is 5.10 Å².